The predicted octanol–water partition coefficient (Wildman–Crippen LogP) is 1.14. The Morgan fingerprint density at radius 2 is 2.10 bits per heavy atom. The van der Waals surface area contributed by atoms with Crippen molar-refractivity contribution in [3.63, 3.8) is 0 Å². The third-order valence-corrected chi connectivity index (χ3v) is 3.78. The fraction of sp³-hybridized carbons (Fsp3) is 0.231. The van der Waals surface area contributed by atoms with Crippen molar-refractivity contribution in [2.45, 2.75) is 18.9 Å². The molecule has 1 saturated heterocycles. The second-order valence-corrected chi connectivity index (χ2v) is 5.50. The van der Waals surface area contributed by atoms with Crippen LogP contribution in [0.5, 0.6) is 0 Å². The summed E-state index contributed by atoms with van der Waals surface area (Å²) in [5.41, 5.74) is 0.285. The zero-order valence-corrected chi connectivity index (χ0v) is 11.9. The van der Waals surface area contributed by atoms with E-state index in [9.17, 15) is 14.4 Å². The van der Waals surface area contributed by atoms with Crippen LogP contribution in [0, 0.1) is 0 Å². The van der Waals surface area contributed by atoms with E-state index in [4.69, 9.17) is 0 Å². The Labute approximate surface area is 121 Å². The average molecular weight is 336 g/mol. The van der Waals surface area contributed by atoms with Crippen LogP contribution in [-0.2, 0) is 9.59 Å². The number of nitrogens with zero attached hydrogens (tertiary/aromatic N) is 2. The van der Waals surface area contributed by atoms with Gasteiger partial charge in [0.25, 0.3) is 5.56 Å². The molecule has 1 fully saturated rings. The van der Waals surface area contributed by atoms with Crippen LogP contribution in [0.4, 0.5) is 0 Å². The number of halogens is 1. The smallest absolute Gasteiger partial charge is 0.261 e. The second kappa shape index (κ2) is 4.82. The molecule has 102 valence electrons. The molecule has 7 heteroatoms. The summed E-state index contributed by atoms with van der Waals surface area (Å²) in [5.74, 6) is -0.768. The van der Waals surface area contributed by atoms with Crippen molar-refractivity contribution in [3.8, 4) is 0 Å². The Balaban J connectivity index is 2.13. The van der Waals surface area contributed by atoms with Crippen LogP contribution in [0.2, 0.25) is 0 Å². The van der Waals surface area contributed by atoms with Crippen molar-refractivity contribution in [2.75, 3.05) is 0 Å². The van der Waals surface area contributed by atoms with Crippen LogP contribution in [0.15, 0.2) is 33.8 Å². The van der Waals surface area contributed by atoms with E-state index in [2.05, 4.69) is 26.2 Å². The maximum Gasteiger partial charge on any atom is 0.261 e. The number of carbonyl (C=O) groups is 2. The van der Waals surface area contributed by atoms with E-state index in [0.29, 0.717) is 17.3 Å². The molecule has 2 amide bonds. The fourth-order valence-corrected chi connectivity index (χ4v) is 2.64. The molecule has 1 unspecified atom stereocenters. The standard InChI is InChI=1S/C13H10BrN3O3/c14-7-1-2-9-8(5-7)13(20)17(6-15-9)10-3-4-11(18)16-12(10)19/h1-2,5-6,10H,3-4H2,(H,16,18,19). The van der Waals surface area contributed by atoms with Gasteiger partial charge in [0.05, 0.1) is 17.2 Å². The van der Waals surface area contributed by atoms with Gasteiger partial charge in [-0.05, 0) is 24.6 Å². The van der Waals surface area contributed by atoms with E-state index in [-0.39, 0.29) is 17.9 Å². The maximum atomic E-state index is 12.4. The third kappa shape index (κ3) is 2.14. The highest BCUT2D eigenvalue weighted by molar-refractivity contribution is 9.10. The molecule has 1 aromatic heterocycles. The summed E-state index contributed by atoms with van der Waals surface area (Å²) in [6, 6.07) is 4.52. The van der Waals surface area contributed by atoms with Crippen LogP contribution in [-0.4, -0.2) is 21.4 Å². The molecular formula is C13H10BrN3O3. The van der Waals surface area contributed by atoms with Crippen molar-refractivity contribution < 1.29 is 9.59 Å². The van der Waals surface area contributed by atoms with Crippen LogP contribution >= 0.6 is 15.9 Å². The van der Waals surface area contributed by atoms with Gasteiger partial charge in [0.2, 0.25) is 11.8 Å². The minimum absolute atomic E-state index is 0.222. The number of fused-ring (bicyclic) bond motifs is 1. The second-order valence-electron chi connectivity index (χ2n) is 4.59. The number of hydrogen-bond acceptors (Lipinski definition) is 4. The van der Waals surface area contributed by atoms with Crippen molar-refractivity contribution in [1.29, 1.82) is 0 Å². The summed E-state index contributed by atoms with van der Waals surface area (Å²) < 4.78 is 2.06. The lowest BCUT2D eigenvalue weighted by atomic mass is 10.1. The van der Waals surface area contributed by atoms with Crippen LogP contribution in [0.3, 0.4) is 0 Å². The lowest BCUT2D eigenvalue weighted by molar-refractivity contribution is -0.135. The Bertz CT molecular complexity index is 784. The molecule has 0 radical (unpaired) electrons. The monoisotopic (exact) mass is 335 g/mol. The first-order valence-electron chi connectivity index (χ1n) is 6.06. The van der Waals surface area contributed by atoms with Crippen molar-refractivity contribution in [1.82, 2.24) is 14.9 Å². The molecular weight excluding hydrogens is 326 g/mol. The number of piperidine rings is 1. The van der Waals surface area contributed by atoms with Crippen LogP contribution < -0.4 is 10.9 Å². The summed E-state index contributed by atoms with van der Waals surface area (Å²) in [6.45, 7) is 0. The molecule has 1 N–H and O–H groups in total. The highest BCUT2D eigenvalue weighted by atomic mass is 79.9. The topological polar surface area (TPSA) is 81.1 Å². The average Bonchev–Trinajstić information content (AvgIpc) is 2.41. The zero-order valence-electron chi connectivity index (χ0n) is 10.3. The highest BCUT2D eigenvalue weighted by Gasteiger charge is 2.29. The first kappa shape index (κ1) is 13.0. The molecule has 0 aliphatic carbocycles. The summed E-state index contributed by atoms with van der Waals surface area (Å²) >= 11 is 3.31. The summed E-state index contributed by atoms with van der Waals surface area (Å²) in [4.78, 5) is 39.6. The van der Waals surface area contributed by atoms with Gasteiger partial charge in [0.15, 0.2) is 0 Å². The first-order valence-corrected chi connectivity index (χ1v) is 6.85. The van der Waals surface area contributed by atoms with Crippen molar-refractivity contribution in [3.05, 3.63) is 39.4 Å². The summed E-state index contributed by atoms with van der Waals surface area (Å²) in [5, 5.41) is 2.68. The van der Waals surface area contributed by atoms with Gasteiger partial charge < -0.3 is 0 Å². The normalized spacial score (nSPS) is 19.1. The quantitative estimate of drug-likeness (QED) is 0.792. The number of hydrogen-bond donors (Lipinski definition) is 1. The van der Waals surface area contributed by atoms with E-state index >= 15 is 0 Å². The molecule has 1 atom stereocenters. The Hall–Kier alpha value is -2.02. The lowest BCUT2D eigenvalue weighted by Crippen LogP contribution is -2.44. The van der Waals surface area contributed by atoms with Gasteiger partial charge in [0.1, 0.15) is 6.04 Å². The first-order chi connectivity index (χ1) is 9.56. The number of imide groups is 1. The Morgan fingerprint density at radius 1 is 1.30 bits per heavy atom. The molecule has 2 heterocycles. The number of amides is 2. The van der Waals surface area contributed by atoms with E-state index in [1.165, 1.54) is 10.9 Å². The molecule has 1 aromatic carbocycles. The molecule has 6 nitrogen and oxygen atoms in total. The largest absolute Gasteiger partial charge is 0.295 e. The Kier molecular flexibility index (Phi) is 3.13. The van der Waals surface area contributed by atoms with Crippen molar-refractivity contribution in [2.24, 2.45) is 0 Å². The number of carbonyl (C=O) groups excluding carboxylic acids is 2. The molecule has 20 heavy (non-hydrogen) atoms. The summed E-state index contributed by atoms with van der Waals surface area (Å²) in [6.07, 6.45) is 1.89. The molecule has 0 saturated carbocycles. The lowest BCUT2D eigenvalue weighted by Gasteiger charge is -2.22. The van der Waals surface area contributed by atoms with Crippen molar-refractivity contribution >= 4 is 38.6 Å². The summed E-state index contributed by atoms with van der Waals surface area (Å²) in [7, 11) is 0. The van der Waals surface area contributed by atoms with Crippen LogP contribution in [0.25, 0.3) is 10.9 Å². The molecule has 3 rings (SSSR count). The molecule has 1 aliphatic rings. The zero-order chi connectivity index (χ0) is 14.3. The van der Waals surface area contributed by atoms with Gasteiger partial charge >= 0.3 is 0 Å². The van der Waals surface area contributed by atoms with Gasteiger partial charge in [-0.1, -0.05) is 15.9 Å². The minimum atomic E-state index is -0.684. The fourth-order valence-electron chi connectivity index (χ4n) is 2.28. The van der Waals surface area contributed by atoms with E-state index in [0.717, 1.165) is 4.47 Å². The van der Waals surface area contributed by atoms with Crippen LogP contribution in [0.1, 0.15) is 18.9 Å². The highest BCUT2D eigenvalue weighted by Crippen LogP contribution is 2.19. The van der Waals surface area contributed by atoms with E-state index < -0.39 is 11.9 Å². The van der Waals surface area contributed by atoms with Gasteiger partial charge in [-0.25, -0.2) is 4.98 Å². The van der Waals surface area contributed by atoms with Gasteiger partial charge in [-0.15, -0.1) is 0 Å². The number of aromatic nitrogens is 2. The molecule has 0 bridgehead atoms. The Morgan fingerprint density at radius 3 is 2.85 bits per heavy atom. The SMILES string of the molecule is O=C1CCC(n2cnc3ccc(Br)cc3c2=O)C(=O)N1. The number of rotatable bonds is 1. The molecule has 2 aromatic rings. The van der Waals surface area contributed by atoms with Gasteiger partial charge in [-0.2, -0.15) is 0 Å². The van der Waals surface area contributed by atoms with E-state index in [1.807, 2.05) is 0 Å². The number of nitrogens with one attached hydrogen (secondary N) is 1. The maximum absolute atomic E-state index is 12.4. The van der Waals surface area contributed by atoms with Gasteiger partial charge in [-0.3, -0.25) is 24.3 Å². The molecule has 0 spiro atoms. The molecule has 1 aliphatic heterocycles. The minimum Gasteiger partial charge on any atom is -0.295 e. The van der Waals surface area contributed by atoms with Gasteiger partial charge in [0, 0.05) is 10.9 Å². The predicted molar refractivity (Wildman–Crippen MR) is 75.1 cm³/mol. The number of benzene rings is 1. The third-order valence-electron chi connectivity index (χ3n) is 3.29. The van der Waals surface area contributed by atoms with E-state index in [1.54, 1.807) is 18.2 Å².